The van der Waals surface area contributed by atoms with E-state index in [4.69, 9.17) is 10.5 Å². The molecule has 0 aromatic carbocycles. The molecule has 1 aliphatic rings. The van der Waals surface area contributed by atoms with Crippen LogP contribution in [-0.2, 0) is 4.74 Å². The summed E-state index contributed by atoms with van der Waals surface area (Å²) in [6.07, 6.45) is 4.88. The topological polar surface area (TPSA) is 94.2 Å². The van der Waals surface area contributed by atoms with Crippen LogP contribution >= 0.6 is 0 Å². The summed E-state index contributed by atoms with van der Waals surface area (Å²) in [5, 5.41) is 0. The van der Waals surface area contributed by atoms with Crippen LogP contribution < -0.4 is 5.73 Å². The number of hydrogen-bond acceptors (Lipinski definition) is 6. The Bertz CT molecular complexity index is 736. The molecule has 1 saturated heterocycles. The van der Waals surface area contributed by atoms with Gasteiger partial charge in [0, 0.05) is 43.2 Å². The van der Waals surface area contributed by atoms with E-state index in [9.17, 15) is 4.79 Å². The van der Waals surface area contributed by atoms with Crippen molar-refractivity contribution in [1.29, 1.82) is 0 Å². The Balaban J connectivity index is 1.77. The summed E-state index contributed by atoms with van der Waals surface area (Å²) in [7, 11) is 0. The van der Waals surface area contributed by atoms with Gasteiger partial charge in [0.05, 0.1) is 5.69 Å². The van der Waals surface area contributed by atoms with E-state index in [1.54, 1.807) is 23.5 Å². The Morgan fingerprint density at radius 3 is 2.58 bits per heavy atom. The predicted octanol–water partition coefficient (Wildman–Crippen LogP) is 2.46. The predicted molar refractivity (Wildman–Crippen MR) is 90.2 cm³/mol. The molecule has 2 N–H and O–H groups in total. The highest BCUT2D eigenvalue weighted by atomic mass is 16.6. The number of pyridine rings is 1. The molecule has 0 aliphatic carbocycles. The zero-order valence-electron chi connectivity index (χ0n) is 14.1. The van der Waals surface area contributed by atoms with Crippen molar-refractivity contribution in [2.45, 2.75) is 32.3 Å². The fraction of sp³-hybridized carbons (Fsp3) is 0.412. The standard InChI is InChI=1S/C17H21N5O2/c1-17(2,3)24-16(23)22-9-12(10-22)14-13(8-20-15(18)21-14)11-4-6-19-7-5-11/h4-8,12H,9-10H2,1-3H3,(H2,18,20,21). The second-order valence-electron chi connectivity index (χ2n) is 6.85. The lowest BCUT2D eigenvalue weighted by molar-refractivity contribution is 0.00793. The molecule has 1 aliphatic heterocycles. The summed E-state index contributed by atoms with van der Waals surface area (Å²) in [5.74, 6) is 0.351. The van der Waals surface area contributed by atoms with E-state index in [0.717, 1.165) is 16.8 Å². The highest BCUT2D eigenvalue weighted by molar-refractivity contribution is 5.71. The van der Waals surface area contributed by atoms with Gasteiger partial charge in [0.15, 0.2) is 0 Å². The molecule has 3 rings (SSSR count). The molecule has 1 fully saturated rings. The number of aromatic nitrogens is 3. The Morgan fingerprint density at radius 1 is 1.29 bits per heavy atom. The molecule has 3 heterocycles. The minimum absolute atomic E-state index is 0.117. The first-order valence-electron chi connectivity index (χ1n) is 7.84. The summed E-state index contributed by atoms with van der Waals surface area (Å²) in [5.41, 5.74) is 8.02. The van der Waals surface area contributed by atoms with Crippen LogP contribution in [0.25, 0.3) is 11.1 Å². The average molecular weight is 327 g/mol. The van der Waals surface area contributed by atoms with Crippen molar-refractivity contribution in [3.63, 3.8) is 0 Å². The van der Waals surface area contributed by atoms with Gasteiger partial charge < -0.3 is 15.4 Å². The first-order valence-corrected chi connectivity index (χ1v) is 7.84. The van der Waals surface area contributed by atoms with Crippen molar-refractivity contribution >= 4 is 12.0 Å². The molecule has 0 atom stereocenters. The third-order valence-electron chi connectivity index (χ3n) is 3.75. The fourth-order valence-electron chi connectivity index (χ4n) is 2.60. The number of likely N-dealkylation sites (tertiary alicyclic amines) is 1. The number of ether oxygens (including phenoxy) is 1. The van der Waals surface area contributed by atoms with E-state index in [1.807, 2.05) is 32.9 Å². The molecule has 24 heavy (non-hydrogen) atoms. The van der Waals surface area contributed by atoms with Crippen molar-refractivity contribution < 1.29 is 9.53 Å². The molecular formula is C17H21N5O2. The number of nitrogen functional groups attached to an aromatic ring is 1. The van der Waals surface area contributed by atoms with E-state index in [1.165, 1.54) is 0 Å². The number of amides is 1. The van der Waals surface area contributed by atoms with Crippen LogP contribution in [0.2, 0.25) is 0 Å². The fourth-order valence-corrected chi connectivity index (χ4v) is 2.60. The van der Waals surface area contributed by atoms with E-state index < -0.39 is 5.60 Å². The van der Waals surface area contributed by atoms with Crippen LogP contribution in [0.1, 0.15) is 32.4 Å². The largest absolute Gasteiger partial charge is 0.444 e. The maximum absolute atomic E-state index is 12.1. The summed E-state index contributed by atoms with van der Waals surface area (Å²) >= 11 is 0. The number of carbonyl (C=O) groups is 1. The van der Waals surface area contributed by atoms with Gasteiger partial charge in [-0.25, -0.2) is 14.8 Å². The van der Waals surface area contributed by atoms with Crippen molar-refractivity contribution in [2.24, 2.45) is 0 Å². The second kappa shape index (κ2) is 6.07. The van der Waals surface area contributed by atoms with E-state index >= 15 is 0 Å². The lowest BCUT2D eigenvalue weighted by atomic mass is 9.91. The monoisotopic (exact) mass is 327 g/mol. The van der Waals surface area contributed by atoms with Gasteiger partial charge in [-0.1, -0.05) is 0 Å². The molecule has 7 nitrogen and oxygen atoms in total. The quantitative estimate of drug-likeness (QED) is 0.910. The van der Waals surface area contributed by atoms with Gasteiger partial charge in [-0.3, -0.25) is 4.98 Å². The minimum atomic E-state index is -0.496. The summed E-state index contributed by atoms with van der Waals surface area (Å²) in [6, 6.07) is 3.81. The molecule has 7 heteroatoms. The number of nitrogens with zero attached hydrogens (tertiary/aromatic N) is 4. The Labute approximate surface area is 140 Å². The zero-order chi connectivity index (χ0) is 17.3. The van der Waals surface area contributed by atoms with Gasteiger partial charge in [-0.05, 0) is 38.5 Å². The van der Waals surface area contributed by atoms with Gasteiger partial charge >= 0.3 is 6.09 Å². The van der Waals surface area contributed by atoms with E-state index in [2.05, 4.69) is 15.0 Å². The summed E-state index contributed by atoms with van der Waals surface area (Å²) < 4.78 is 5.39. The maximum Gasteiger partial charge on any atom is 0.410 e. The zero-order valence-corrected chi connectivity index (χ0v) is 14.1. The van der Waals surface area contributed by atoms with Crippen LogP contribution in [0.3, 0.4) is 0 Å². The van der Waals surface area contributed by atoms with E-state index in [-0.39, 0.29) is 18.0 Å². The van der Waals surface area contributed by atoms with Gasteiger partial charge in [-0.15, -0.1) is 0 Å². The number of carbonyl (C=O) groups excluding carboxylic acids is 1. The highest BCUT2D eigenvalue weighted by Crippen LogP contribution is 2.33. The van der Waals surface area contributed by atoms with Gasteiger partial charge in [-0.2, -0.15) is 0 Å². The molecule has 2 aromatic rings. The van der Waals surface area contributed by atoms with E-state index in [0.29, 0.717) is 13.1 Å². The Morgan fingerprint density at radius 2 is 1.96 bits per heavy atom. The van der Waals surface area contributed by atoms with Crippen LogP contribution in [0.4, 0.5) is 10.7 Å². The SMILES string of the molecule is CC(C)(C)OC(=O)N1CC(c2nc(N)ncc2-c2ccncc2)C1. The molecule has 2 aromatic heterocycles. The van der Waals surface area contributed by atoms with Crippen LogP contribution in [0, 0.1) is 0 Å². The third-order valence-corrected chi connectivity index (χ3v) is 3.75. The molecule has 0 bridgehead atoms. The molecule has 0 unspecified atom stereocenters. The third kappa shape index (κ3) is 3.45. The Hall–Kier alpha value is -2.70. The first-order chi connectivity index (χ1) is 11.3. The molecule has 0 saturated carbocycles. The Kier molecular flexibility index (Phi) is 4.09. The molecular weight excluding hydrogens is 306 g/mol. The maximum atomic E-state index is 12.1. The molecule has 0 radical (unpaired) electrons. The average Bonchev–Trinajstić information content (AvgIpc) is 2.45. The van der Waals surface area contributed by atoms with Crippen LogP contribution in [0.5, 0.6) is 0 Å². The lowest BCUT2D eigenvalue weighted by Gasteiger charge is -2.40. The number of rotatable bonds is 2. The summed E-state index contributed by atoms with van der Waals surface area (Å²) in [6.45, 7) is 6.69. The smallest absolute Gasteiger partial charge is 0.410 e. The van der Waals surface area contributed by atoms with Crippen molar-refractivity contribution in [3.05, 3.63) is 36.4 Å². The van der Waals surface area contributed by atoms with Gasteiger partial charge in [0.25, 0.3) is 0 Å². The second-order valence-corrected chi connectivity index (χ2v) is 6.85. The number of nitrogens with two attached hydrogens (primary N) is 1. The van der Waals surface area contributed by atoms with Crippen molar-refractivity contribution in [1.82, 2.24) is 19.9 Å². The van der Waals surface area contributed by atoms with Crippen LogP contribution in [0.15, 0.2) is 30.7 Å². The highest BCUT2D eigenvalue weighted by Gasteiger charge is 2.36. The number of hydrogen-bond donors (Lipinski definition) is 1. The van der Waals surface area contributed by atoms with Crippen molar-refractivity contribution in [3.8, 4) is 11.1 Å². The lowest BCUT2D eigenvalue weighted by Crippen LogP contribution is -2.50. The minimum Gasteiger partial charge on any atom is -0.444 e. The first kappa shape index (κ1) is 16.2. The molecule has 126 valence electrons. The van der Waals surface area contributed by atoms with Gasteiger partial charge in [0.2, 0.25) is 5.95 Å². The van der Waals surface area contributed by atoms with Gasteiger partial charge in [0.1, 0.15) is 5.60 Å². The molecule has 1 amide bonds. The molecule has 0 spiro atoms. The summed E-state index contributed by atoms with van der Waals surface area (Å²) in [4.78, 5) is 26.3. The number of anilines is 1. The van der Waals surface area contributed by atoms with Crippen LogP contribution in [-0.4, -0.2) is 44.6 Å². The normalized spacial score (nSPS) is 15.0. The van der Waals surface area contributed by atoms with Crippen molar-refractivity contribution in [2.75, 3.05) is 18.8 Å².